The van der Waals surface area contributed by atoms with Crippen LogP contribution in [-0.2, 0) is 28.6 Å². The van der Waals surface area contributed by atoms with Gasteiger partial charge in [-0.3, -0.25) is 14.4 Å². The number of carbonyl (C=O) groups excluding carboxylic acids is 3. The fraction of sp³-hybridized carbons (Fsp3) is 0.789. The number of rotatable bonds is 61. The van der Waals surface area contributed by atoms with E-state index in [9.17, 15) is 14.4 Å². The smallest absolute Gasteiger partial charge is 0.306 e. The number of unbranched alkanes of at least 4 members (excludes halogenated alkanes) is 38. The van der Waals surface area contributed by atoms with Crippen molar-refractivity contribution in [3.8, 4) is 0 Å². The standard InChI is InChI=1S/C71H126O6/c1-4-7-10-13-16-19-22-25-27-29-31-33-35-37-39-41-43-46-49-52-55-58-61-64-70(73)76-67-68(66-75-69(72)63-60-57-54-51-48-45-24-21-18-15-12-9-6-3)77-71(74)65-62-59-56-53-50-47-44-42-40-38-36-34-32-30-28-26-23-20-17-14-11-8-5-2/h7,10,16,19,25,27,31,33,37,39,43,46,68H,4-6,8-9,11-15,17-18,20-24,26,28-30,32,34-36,38,40-42,44-45,47-67H2,1-3H3/b10-7-,19-16-,27-25-,33-31-,39-37-,46-43-. The zero-order chi connectivity index (χ0) is 55.7. The highest BCUT2D eigenvalue weighted by atomic mass is 16.6. The average Bonchev–Trinajstić information content (AvgIpc) is 3.43. The van der Waals surface area contributed by atoms with E-state index in [0.717, 1.165) is 109 Å². The first-order chi connectivity index (χ1) is 38.0. The molecule has 77 heavy (non-hydrogen) atoms. The van der Waals surface area contributed by atoms with Crippen LogP contribution in [0.25, 0.3) is 0 Å². The molecule has 0 bridgehead atoms. The topological polar surface area (TPSA) is 78.9 Å². The summed E-state index contributed by atoms with van der Waals surface area (Å²) in [5.74, 6) is -0.885. The summed E-state index contributed by atoms with van der Waals surface area (Å²) in [6, 6.07) is 0. The second kappa shape index (κ2) is 65.4. The minimum Gasteiger partial charge on any atom is -0.462 e. The number of carbonyl (C=O) groups is 3. The van der Waals surface area contributed by atoms with Crippen LogP contribution in [0.15, 0.2) is 72.9 Å². The Morgan fingerprint density at radius 1 is 0.273 bits per heavy atom. The maximum atomic E-state index is 12.9. The highest BCUT2D eigenvalue weighted by Gasteiger charge is 2.19. The summed E-state index contributed by atoms with van der Waals surface area (Å²) >= 11 is 0. The molecule has 0 aliphatic carbocycles. The van der Waals surface area contributed by atoms with Gasteiger partial charge in [-0.15, -0.1) is 0 Å². The largest absolute Gasteiger partial charge is 0.462 e. The molecule has 6 heteroatoms. The van der Waals surface area contributed by atoms with Crippen molar-refractivity contribution < 1.29 is 28.6 Å². The molecule has 0 saturated heterocycles. The van der Waals surface area contributed by atoms with Gasteiger partial charge in [-0.2, -0.15) is 0 Å². The van der Waals surface area contributed by atoms with E-state index in [1.165, 1.54) is 193 Å². The predicted octanol–water partition coefficient (Wildman–Crippen LogP) is 22.9. The van der Waals surface area contributed by atoms with Crippen LogP contribution in [0, 0.1) is 0 Å². The number of hydrogen-bond acceptors (Lipinski definition) is 6. The second-order valence-electron chi connectivity index (χ2n) is 22.4. The van der Waals surface area contributed by atoms with E-state index in [0.29, 0.717) is 19.3 Å². The van der Waals surface area contributed by atoms with E-state index in [1.54, 1.807) is 0 Å². The van der Waals surface area contributed by atoms with Crippen molar-refractivity contribution in [1.29, 1.82) is 0 Å². The lowest BCUT2D eigenvalue weighted by molar-refractivity contribution is -0.167. The van der Waals surface area contributed by atoms with Gasteiger partial charge in [0.2, 0.25) is 0 Å². The van der Waals surface area contributed by atoms with Gasteiger partial charge < -0.3 is 14.2 Å². The van der Waals surface area contributed by atoms with Gasteiger partial charge in [0.1, 0.15) is 13.2 Å². The molecule has 1 atom stereocenters. The third kappa shape index (κ3) is 63.6. The van der Waals surface area contributed by atoms with Crippen molar-refractivity contribution in [3.63, 3.8) is 0 Å². The molecule has 0 N–H and O–H groups in total. The Morgan fingerprint density at radius 3 is 0.792 bits per heavy atom. The second-order valence-corrected chi connectivity index (χ2v) is 22.4. The molecular formula is C71H126O6. The maximum absolute atomic E-state index is 12.9. The molecule has 0 aliphatic rings. The number of esters is 3. The summed E-state index contributed by atoms with van der Waals surface area (Å²) in [4.78, 5) is 38.4. The van der Waals surface area contributed by atoms with Gasteiger partial charge in [-0.1, -0.05) is 325 Å². The van der Waals surface area contributed by atoms with Gasteiger partial charge in [0.05, 0.1) is 0 Å². The summed E-state index contributed by atoms with van der Waals surface area (Å²) in [7, 11) is 0. The van der Waals surface area contributed by atoms with Crippen LogP contribution in [0.5, 0.6) is 0 Å². The third-order valence-corrected chi connectivity index (χ3v) is 14.7. The molecule has 0 spiro atoms. The highest BCUT2D eigenvalue weighted by molar-refractivity contribution is 5.71. The molecule has 0 radical (unpaired) electrons. The Labute approximate surface area is 478 Å². The number of ether oxygens (including phenoxy) is 3. The molecule has 446 valence electrons. The Kier molecular flexibility index (Phi) is 62.7. The summed E-state index contributed by atoms with van der Waals surface area (Å²) in [6.45, 7) is 6.56. The van der Waals surface area contributed by atoms with Crippen molar-refractivity contribution in [1.82, 2.24) is 0 Å². The van der Waals surface area contributed by atoms with E-state index < -0.39 is 6.10 Å². The summed E-state index contributed by atoms with van der Waals surface area (Å²) in [5, 5.41) is 0. The number of hydrogen-bond donors (Lipinski definition) is 0. The lowest BCUT2D eigenvalue weighted by Crippen LogP contribution is -2.30. The van der Waals surface area contributed by atoms with E-state index >= 15 is 0 Å². The van der Waals surface area contributed by atoms with Gasteiger partial charge in [0.15, 0.2) is 6.10 Å². The molecule has 0 aromatic carbocycles. The maximum Gasteiger partial charge on any atom is 0.306 e. The number of allylic oxidation sites excluding steroid dienone is 12. The van der Waals surface area contributed by atoms with Crippen LogP contribution in [0.4, 0.5) is 0 Å². The molecule has 0 heterocycles. The van der Waals surface area contributed by atoms with Crippen molar-refractivity contribution in [3.05, 3.63) is 72.9 Å². The van der Waals surface area contributed by atoms with Crippen molar-refractivity contribution in [2.75, 3.05) is 13.2 Å². The quantitative estimate of drug-likeness (QED) is 0.0261. The van der Waals surface area contributed by atoms with Crippen molar-refractivity contribution >= 4 is 17.9 Å². The summed E-state index contributed by atoms with van der Waals surface area (Å²) < 4.78 is 16.9. The highest BCUT2D eigenvalue weighted by Crippen LogP contribution is 2.18. The molecule has 0 amide bonds. The predicted molar refractivity (Wildman–Crippen MR) is 335 cm³/mol. The van der Waals surface area contributed by atoms with Crippen LogP contribution < -0.4 is 0 Å². The molecular weight excluding hydrogens is 949 g/mol. The van der Waals surface area contributed by atoms with Crippen LogP contribution in [-0.4, -0.2) is 37.2 Å². The molecule has 0 aromatic rings. The fourth-order valence-electron chi connectivity index (χ4n) is 9.74. The first kappa shape index (κ1) is 73.8. The normalized spacial score (nSPS) is 12.5. The van der Waals surface area contributed by atoms with E-state index in [4.69, 9.17) is 14.2 Å². The van der Waals surface area contributed by atoms with Crippen LogP contribution in [0.3, 0.4) is 0 Å². The zero-order valence-electron chi connectivity index (χ0n) is 51.2. The van der Waals surface area contributed by atoms with Crippen LogP contribution >= 0.6 is 0 Å². The van der Waals surface area contributed by atoms with Crippen molar-refractivity contribution in [2.45, 2.75) is 348 Å². The Morgan fingerprint density at radius 2 is 0.506 bits per heavy atom. The van der Waals surface area contributed by atoms with Gasteiger partial charge in [0, 0.05) is 19.3 Å². The first-order valence-corrected chi connectivity index (χ1v) is 33.4. The third-order valence-electron chi connectivity index (χ3n) is 14.7. The lowest BCUT2D eigenvalue weighted by Gasteiger charge is -2.18. The van der Waals surface area contributed by atoms with Crippen LogP contribution in [0.1, 0.15) is 342 Å². The van der Waals surface area contributed by atoms with Crippen molar-refractivity contribution in [2.24, 2.45) is 0 Å². The molecule has 0 aliphatic heterocycles. The molecule has 0 aromatic heterocycles. The van der Waals surface area contributed by atoms with Crippen LogP contribution in [0.2, 0.25) is 0 Å². The first-order valence-electron chi connectivity index (χ1n) is 33.4. The minimum absolute atomic E-state index is 0.0791. The minimum atomic E-state index is -0.784. The molecule has 1 unspecified atom stereocenters. The molecule has 0 saturated carbocycles. The van der Waals surface area contributed by atoms with E-state index in [2.05, 4.69) is 93.7 Å². The SMILES string of the molecule is CC/C=C\C/C=C\C/C=C\C/C=C\C/C=C\C/C=C\CCCCCCC(=O)OCC(COC(=O)CCCCCCCCCCCCCCC)OC(=O)CCCCCCCCCCCCCCCCCCCCCCCCC. The zero-order valence-corrected chi connectivity index (χ0v) is 51.2. The van der Waals surface area contributed by atoms with E-state index in [-0.39, 0.29) is 31.1 Å². The molecule has 6 nitrogen and oxygen atoms in total. The summed E-state index contributed by atoms with van der Waals surface area (Å²) in [6.07, 6.45) is 84.9. The van der Waals surface area contributed by atoms with Gasteiger partial charge in [-0.05, 0) is 70.6 Å². The lowest BCUT2D eigenvalue weighted by atomic mass is 10.0. The van der Waals surface area contributed by atoms with E-state index in [1.807, 2.05) is 0 Å². The average molecular weight is 1080 g/mol. The summed E-state index contributed by atoms with van der Waals surface area (Å²) in [5.41, 5.74) is 0. The van der Waals surface area contributed by atoms with Gasteiger partial charge in [-0.25, -0.2) is 0 Å². The van der Waals surface area contributed by atoms with Gasteiger partial charge >= 0.3 is 17.9 Å². The Bertz CT molecular complexity index is 1420. The molecule has 0 fully saturated rings. The fourth-order valence-corrected chi connectivity index (χ4v) is 9.74. The Balaban J connectivity index is 4.34. The molecule has 0 rings (SSSR count). The Hall–Kier alpha value is -3.15. The monoisotopic (exact) mass is 1070 g/mol. The van der Waals surface area contributed by atoms with Gasteiger partial charge in [0.25, 0.3) is 0 Å².